The van der Waals surface area contributed by atoms with Crippen molar-refractivity contribution in [1.82, 2.24) is 10.3 Å². The molecule has 20 heavy (non-hydrogen) atoms. The summed E-state index contributed by atoms with van der Waals surface area (Å²) in [6, 6.07) is 10.5. The van der Waals surface area contributed by atoms with Gasteiger partial charge in [-0.1, -0.05) is 29.8 Å². The van der Waals surface area contributed by atoms with Gasteiger partial charge in [-0.25, -0.2) is 4.98 Å². The Labute approximate surface area is 134 Å². The minimum absolute atomic E-state index is 0.153. The standard InChI is InChI=1S/C13H9BrClN3OS/c14-9-6-10(11(15)16-7-9)17-13(20)18-12(19)8-4-2-1-3-5-8/h1-7H,(H2,17,18,19,20). The third-order valence-electron chi connectivity index (χ3n) is 2.32. The van der Waals surface area contributed by atoms with Crippen molar-refractivity contribution in [3.8, 4) is 0 Å². The molecule has 0 aliphatic rings. The quantitative estimate of drug-likeness (QED) is 0.626. The highest BCUT2D eigenvalue weighted by Crippen LogP contribution is 2.22. The number of halogens is 2. The van der Waals surface area contributed by atoms with Crippen molar-refractivity contribution in [3.05, 3.63) is 57.8 Å². The highest BCUT2D eigenvalue weighted by atomic mass is 79.9. The van der Waals surface area contributed by atoms with Crippen LogP contribution in [-0.4, -0.2) is 16.0 Å². The van der Waals surface area contributed by atoms with Crippen molar-refractivity contribution in [3.63, 3.8) is 0 Å². The zero-order chi connectivity index (χ0) is 14.5. The molecule has 2 aromatic rings. The van der Waals surface area contributed by atoms with Gasteiger partial charge in [0.1, 0.15) is 0 Å². The average Bonchev–Trinajstić information content (AvgIpc) is 2.43. The van der Waals surface area contributed by atoms with Crippen LogP contribution in [0.25, 0.3) is 0 Å². The normalized spacial score (nSPS) is 9.90. The number of hydrogen-bond acceptors (Lipinski definition) is 3. The molecule has 1 aromatic heterocycles. The maximum absolute atomic E-state index is 11.9. The molecule has 0 saturated heterocycles. The maximum atomic E-state index is 11.9. The molecule has 4 nitrogen and oxygen atoms in total. The summed E-state index contributed by atoms with van der Waals surface area (Å²) in [7, 11) is 0. The first kappa shape index (κ1) is 14.9. The van der Waals surface area contributed by atoms with E-state index in [4.69, 9.17) is 23.8 Å². The Morgan fingerprint density at radius 3 is 2.70 bits per heavy atom. The number of hydrogen-bond donors (Lipinski definition) is 2. The topological polar surface area (TPSA) is 54.0 Å². The van der Waals surface area contributed by atoms with Gasteiger partial charge in [-0.15, -0.1) is 0 Å². The monoisotopic (exact) mass is 369 g/mol. The molecule has 7 heteroatoms. The average molecular weight is 371 g/mol. The predicted octanol–water partition coefficient (Wildman–Crippen LogP) is 3.62. The minimum atomic E-state index is -0.290. The first-order valence-electron chi connectivity index (χ1n) is 5.54. The number of carbonyl (C=O) groups excluding carboxylic acids is 1. The van der Waals surface area contributed by atoms with Crippen molar-refractivity contribution in [2.75, 3.05) is 5.32 Å². The van der Waals surface area contributed by atoms with Crippen LogP contribution in [0.15, 0.2) is 47.1 Å². The molecule has 1 aromatic carbocycles. The molecule has 0 aliphatic heterocycles. The summed E-state index contributed by atoms with van der Waals surface area (Å²) in [5.74, 6) is -0.290. The molecule has 1 heterocycles. The van der Waals surface area contributed by atoms with Gasteiger partial charge < -0.3 is 5.32 Å². The number of anilines is 1. The molecule has 0 bridgehead atoms. The van der Waals surface area contributed by atoms with Gasteiger partial charge in [0, 0.05) is 16.2 Å². The largest absolute Gasteiger partial charge is 0.330 e. The molecule has 0 saturated carbocycles. The number of aromatic nitrogens is 1. The van der Waals surface area contributed by atoms with E-state index in [2.05, 4.69) is 31.5 Å². The summed E-state index contributed by atoms with van der Waals surface area (Å²) in [4.78, 5) is 15.9. The van der Waals surface area contributed by atoms with Crippen molar-refractivity contribution < 1.29 is 4.79 Å². The second-order valence-electron chi connectivity index (χ2n) is 3.77. The molecule has 0 aliphatic carbocycles. The van der Waals surface area contributed by atoms with Crippen molar-refractivity contribution in [1.29, 1.82) is 0 Å². The van der Waals surface area contributed by atoms with E-state index in [0.717, 1.165) is 4.47 Å². The number of carbonyl (C=O) groups is 1. The Morgan fingerprint density at radius 1 is 1.30 bits per heavy atom. The molecule has 102 valence electrons. The minimum Gasteiger partial charge on any atom is -0.330 e. The van der Waals surface area contributed by atoms with Crippen LogP contribution >= 0.6 is 39.7 Å². The third kappa shape index (κ3) is 4.00. The van der Waals surface area contributed by atoms with Crippen LogP contribution in [0.1, 0.15) is 10.4 Å². The van der Waals surface area contributed by atoms with Gasteiger partial charge in [0.05, 0.1) is 5.69 Å². The maximum Gasteiger partial charge on any atom is 0.257 e. The zero-order valence-electron chi connectivity index (χ0n) is 10.1. The molecule has 0 atom stereocenters. The molecule has 0 fully saturated rings. The first-order valence-corrected chi connectivity index (χ1v) is 7.12. The summed E-state index contributed by atoms with van der Waals surface area (Å²) in [6.07, 6.45) is 1.57. The summed E-state index contributed by atoms with van der Waals surface area (Å²) < 4.78 is 0.751. The SMILES string of the molecule is O=C(NC(=S)Nc1cc(Br)cnc1Cl)c1ccccc1. The Kier molecular flexibility index (Phi) is 5.05. The van der Waals surface area contributed by atoms with Gasteiger partial charge in [0.15, 0.2) is 10.3 Å². The summed E-state index contributed by atoms with van der Waals surface area (Å²) in [5, 5.41) is 5.82. The molecule has 0 radical (unpaired) electrons. The fourth-order valence-corrected chi connectivity index (χ4v) is 2.11. The predicted molar refractivity (Wildman–Crippen MR) is 87.1 cm³/mol. The number of pyridine rings is 1. The van der Waals surface area contributed by atoms with Crippen LogP contribution in [0, 0.1) is 0 Å². The van der Waals surface area contributed by atoms with Crippen LogP contribution in [0.4, 0.5) is 5.69 Å². The Morgan fingerprint density at radius 2 is 2.00 bits per heavy atom. The number of rotatable bonds is 2. The summed E-state index contributed by atoms with van der Waals surface area (Å²) in [6.45, 7) is 0. The highest BCUT2D eigenvalue weighted by molar-refractivity contribution is 9.10. The van der Waals surface area contributed by atoms with Crippen molar-refractivity contribution in [2.45, 2.75) is 0 Å². The van der Waals surface area contributed by atoms with E-state index in [1.165, 1.54) is 0 Å². The fraction of sp³-hybridized carbons (Fsp3) is 0. The molecule has 1 amide bonds. The second kappa shape index (κ2) is 6.78. The molecule has 2 rings (SSSR count). The van der Waals surface area contributed by atoms with Crippen LogP contribution in [-0.2, 0) is 0 Å². The Hall–Kier alpha value is -1.50. The van der Waals surface area contributed by atoms with Gasteiger partial charge in [-0.2, -0.15) is 0 Å². The van der Waals surface area contributed by atoms with Gasteiger partial charge in [-0.05, 0) is 46.3 Å². The third-order valence-corrected chi connectivity index (χ3v) is 3.26. The van der Waals surface area contributed by atoms with E-state index in [0.29, 0.717) is 11.3 Å². The molecule has 0 spiro atoms. The van der Waals surface area contributed by atoms with Crippen LogP contribution in [0.3, 0.4) is 0 Å². The number of amides is 1. The van der Waals surface area contributed by atoms with E-state index >= 15 is 0 Å². The Bertz CT molecular complexity index is 651. The van der Waals surface area contributed by atoms with Crippen molar-refractivity contribution in [2.24, 2.45) is 0 Å². The number of nitrogens with zero attached hydrogens (tertiary/aromatic N) is 1. The van der Waals surface area contributed by atoms with Crippen molar-refractivity contribution >= 4 is 56.5 Å². The molecular weight excluding hydrogens is 362 g/mol. The first-order chi connectivity index (χ1) is 9.56. The van der Waals surface area contributed by atoms with E-state index in [9.17, 15) is 4.79 Å². The van der Waals surface area contributed by atoms with Gasteiger partial charge >= 0.3 is 0 Å². The number of benzene rings is 1. The zero-order valence-corrected chi connectivity index (χ0v) is 13.2. The summed E-state index contributed by atoms with van der Waals surface area (Å²) in [5.41, 5.74) is 1.04. The number of thiocarbonyl (C=S) groups is 1. The van der Waals surface area contributed by atoms with Gasteiger partial charge in [0.25, 0.3) is 5.91 Å². The van der Waals surface area contributed by atoms with Crippen LogP contribution in [0.5, 0.6) is 0 Å². The van der Waals surface area contributed by atoms with Gasteiger partial charge in [0.2, 0.25) is 0 Å². The number of nitrogens with one attached hydrogen (secondary N) is 2. The highest BCUT2D eigenvalue weighted by Gasteiger charge is 2.09. The fourth-order valence-electron chi connectivity index (χ4n) is 1.43. The van der Waals surface area contributed by atoms with E-state index < -0.39 is 0 Å². The van der Waals surface area contributed by atoms with Crippen LogP contribution in [0.2, 0.25) is 5.15 Å². The van der Waals surface area contributed by atoms with E-state index in [-0.39, 0.29) is 16.2 Å². The van der Waals surface area contributed by atoms with Gasteiger partial charge in [-0.3, -0.25) is 10.1 Å². The molecule has 0 unspecified atom stereocenters. The lowest BCUT2D eigenvalue weighted by Crippen LogP contribution is -2.34. The second-order valence-corrected chi connectivity index (χ2v) is 5.45. The Balaban J connectivity index is 2.03. The summed E-state index contributed by atoms with van der Waals surface area (Å²) >= 11 is 14.3. The smallest absolute Gasteiger partial charge is 0.257 e. The lowest BCUT2D eigenvalue weighted by molar-refractivity contribution is 0.0978. The van der Waals surface area contributed by atoms with E-state index in [1.54, 1.807) is 36.5 Å². The lowest BCUT2D eigenvalue weighted by atomic mass is 10.2. The van der Waals surface area contributed by atoms with E-state index in [1.807, 2.05) is 6.07 Å². The molecular formula is C13H9BrClN3OS. The van der Waals surface area contributed by atoms with Crippen LogP contribution < -0.4 is 10.6 Å². The molecule has 2 N–H and O–H groups in total. The lowest BCUT2D eigenvalue weighted by Gasteiger charge is -2.10.